The van der Waals surface area contributed by atoms with Gasteiger partial charge in [0, 0.05) is 24.7 Å². The molecular formula is C28H36Cl2N2O2. The molecule has 1 aliphatic rings. The molecule has 4 rings (SSSR count). The van der Waals surface area contributed by atoms with E-state index in [-0.39, 0.29) is 24.8 Å². The van der Waals surface area contributed by atoms with Crippen molar-refractivity contribution in [2.45, 2.75) is 45.5 Å². The van der Waals surface area contributed by atoms with Gasteiger partial charge in [-0.3, -0.25) is 4.90 Å². The molecule has 3 aromatic carbocycles. The van der Waals surface area contributed by atoms with Gasteiger partial charge < -0.3 is 14.8 Å². The standard InChI is InChI=1S/C28H34N2O2.2ClH/c1-2-31-27-15-9-14-25(28(27)32-22-24-12-7-4-8-13-24)20-29-26-16-18-30(19-17-26)21-23-10-5-3-6-11-23;;/h3-15,26,29H,2,16-22H2,1H3;2*1H. The van der Waals surface area contributed by atoms with Crippen LogP contribution in [0.3, 0.4) is 0 Å². The van der Waals surface area contributed by atoms with E-state index in [9.17, 15) is 0 Å². The Morgan fingerprint density at radius 1 is 0.794 bits per heavy atom. The van der Waals surface area contributed by atoms with Crippen molar-refractivity contribution in [2.24, 2.45) is 0 Å². The molecule has 34 heavy (non-hydrogen) atoms. The second-order valence-corrected chi connectivity index (χ2v) is 8.37. The normalized spacial score (nSPS) is 14.0. The monoisotopic (exact) mass is 502 g/mol. The molecule has 6 heteroatoms. The van der Waals surface area contributed by atoms with E-state index >= 15 is 0 Å². The maximum absolute atomic E-state index is 6.26. The quantitative estimate of drug-likeness (QED) is 0.354. The van der Waals surface area contributed by atoms with Crippen LogP contribution < -0.4 is 14.8 Å². The van der Waals surface area contributed by atoms with Crippen LogP contribution in [-0.4, -0.2) is 30.6 Å². The third kappa shape index (κ3) is 8.21. The summed E-state index contributed by atoms with van der Waals surface area (Å²) in [5.41, 5.74) is 3.70. The molecule has 0 aliphatic carbocycles. The summed E-state index contributed by atoms with van der Waals surface area (Å²) < 4.78 is 12.1. The number of hydrogen-bond donors (Lipinski definition) is 1. The van der Waals surface area contributed by atoms with Crippen LogP contribution in [-0.2, 0) is 19.7 Å². The Hall–Kier alpha value is -2.24. The Bertz CT molecular complexity index is 949. The van der Waals surface area contributed by atoms with Crippen molar-refractivity contribution < 1.29 is 9.47 Å². The van der Waals surface area contributed by atoms with Gasteiger partial charge in [-0.1, -0.05) is 72.8 Å². The summed E-state index contributed by atoms with van der Waals surface area (Å²) in [7, 11) is 0. The molecule has 1 fully saturated rings. The first kappa shape index (κ1) is 28.0. The highest BCUT2D eigenvalue weighted by Gasteiger charge is 2.20. The van der Waals surface area contributed by atoms with Gasteiger partial charge in [-0.25, -0.2) is 0 Å². The second kappa shape index (κ2) is 14.9. The van der Waals surface area contributed by atoms with E-state index in [2.05, 4.69) is 64.8 Å². The zero-order valence-electron chi connectivity index (χ0n) is 19.8. The largest absolute Gasteiger partial charge is 0.490 e. The van der Waals surface area contributed by atoms with Gasteiger partial charge in [0.05, 0.1) is 6.61 Å². The first-order chi connectivity index (χ1) is 15.8. The first-order valence-electron chi connectivity index (χ1n) is 11.7. The van der Waals surface area contributed by atoms with Crippen LogP contribution in [0.1, 0.15) is 36.5 Å². The van der Waals surface area contributed by atoms with Crippen LogP contribution in [0, 0.1) is 0 Å². The lowest BCUT2D eigenvalue weighted by atomic mass is 10.0. The molecule has 1 N–H and O–H groups in total. The number of para-hydroxylation sites is 1. The molecule has 0 atom stereocenters. The van der Waals surface area contributed by atoms with Gasteiger partial charge in [-0.15, -0.1) is 24.8 Å². The Morgan fingerprint density at radius 3 is 2.09 bits per heavy atom. The average Bonchev–Trinajstić information content (AvgIpc) is 2.84. The molecular weight excluding hydrogens is 467 g/mol. The predicted octanol–water partition coefficient (Wildman–Crippen LogP) is 6.26. The van der Waals surface area contributed by atoms with Crippen molar-refractivity contribution in [3.05, 3.63) is 95.6 Å². The maximum atomic E-state index is 6.26. The van der Waals surface area contributed by atoms with Crippen molar-refractivity contribution in [3.8, 4) is 11.5 Å². The van der Waals surface area contributed by atoms with Crippen molar-refractivity contribution in [1.29, 1.82) is 0 Å². The molecule has 1 saturated heterocycles. The fraction of sp³-hybridized carbons (Fsp3) is 0.357. The molecule has 1 aliphatic heterocycles. The molecule has 184 valence electrons. The number of halogens is 2. The van der Waals surface area contributed by atoms with Gasteiger partial charge in [-0.2, -0.15) is 0 Å². The fourth-order valence-electron chi connectivity index (χ4n) is 4.25. The minimum absolute atomic E-state index is 0. The molecule has 0 saturated carbocycles. The van der Waals surface area contributed by atoms with E-state index in [4.69, 9.17) is 9.47 Å². The first-order valence-corrected chi connectivity index (χ1v) is 11.7. The number of likely N-dealkylation sites (tertiary alicyclic amines) is 1. The lowest BCUT2D eigenvalue weighted by molar-refractivity contribution is 0.189. The van der Waals surface area contributed by atoms with E-state index in [0.717, 1.165) is 61.6 Å². The third-order valence-electron chi connectivity index (χ3n) is 6.00. The minimum Gasteiger partial charge on any atom is -0.490 e. The summed E-state index contributed by atoms with van der Waals surface area (Å²) in [6.45, 7) is 7.25. The zero-order chi connectivity index (χ0) is 22.0. The van der Waals surface area contributed by atoms with Gasteiger partial charge in [0.15, 0.2) is 11.5 Å². The van der Waals surface area contributed by atoms with Crippen LogP contribution in [0.4, 0.5) is 0 Å². The summed E-state index contributed by atoms with van der Waals surface area (Å²) >= 11 is 0. The number of nitrogens with zero attached hydrogens (tertiary/aromatic N) is 1. The van der Waals surface area contributed by atoms with Crippen LogP contribution in [0.5, 0.6) is 11.5 Å². The Balaban J connectivity index is 0.00000204. The van der Waals surface area contributed by atoms with Crippen LogP contribution in [0.25, 0.3) is 0 Å². The Morgan fingerprint density at radius 2 is 1.44 bits per heavy atom. The predicted molar refractivity (Wildman–Crippen MR) is 144 cm³/mol. The van der Waals surface area contributed by atoms with Crippen molar-refractivity contribution in [3.63, 3.8) is 0 Å². The van der Waals surface area contributed by atoms with Crippen molar-refractivity contribution in [1.82, 2.24) is 10.2 Å². The van der Waals surface area contributed by atoms with E-state index in [1.54, 1.807) is 0 Å². The van der Waals surface area contributed by atoms with Crippen LogP contribution >= 0.6 is 24.8 Å². The number of piperidine rings is 1. The Labute approximate surface area is 216 Å². The highest BCUT2D eigenvalue weighted by molar-refractivity contribution is 5.85. The lowest BCUT2D eigenvalue weighted by Gasteiger charge is -2.32. The van der Waals surface area contributed by atoms with Gasteiger partial charge in [-0.05, 0) is 50.0 Å². The fourth-order valence-corrected chi connectivity index (χ4v) is 4.25. The highest BCUT2D eigenvalue weighted by atomic mass is 35.5. The molecule has 0 unspecified atom stereocenters. The molecule has 1 heterocycles. The van der Waals surface area contributed by atoms with E-state index < -0.39 is 0 Å². The molecule has 0 aromatic heterocycles. The SMILES string of the molecule is CCOc1cccc(CNC2CCN(Cc3ccccc3)CC2)c1OCc1ccccc1.Cl.Cl. The van der Waals surface area contributed by atoms with Crippen LogP contribution in [0.15, 0.2) is 78.9 Å². The van der Waals surface area contributed by atoms with Crippen molar-refractivity contribution >= 4 is 24.8 Å². The van der Waals surface area contributed by atoms with E-state index in [1.807, 2.05) is 31.2 Å². The summed E-state index contributed by atoms with van der Waals surface area (Å²) in [6, 6.07) is 27.8. The van der Waals surface area contributed by atoms with Crippen LogP contribution in [0.2, 0.25) is 0 Å². The highest BCUT2D eigenvalue weighted by Crippen LogP contribution is 2.32. The Kier molecular flexibility index (Phi) is 12.3. The topological polar surface area (TPSA) is 33.7 Å². The number of hydrogen-bond acceptors (Lipinski definition) is 4. The molecule has 0 bridgehead atoms. The van der Waals surface area contributed by atoms with Gasteiger partial charge in [0.1, 0.15) is 6.61 Å². The molecule has 0 radical (unpaired) electrons. The lowest BCUT2D eigenvalue weighted by Crippen LogP contribution is -2.41. The molecule has 4 nitrogen and oxygen atoms in total. The smallest absolute Gasteiger partial charge is 0.166 e. The zero-order valence-corrected chi connectivity index (χ0v) is 21.5. The summed E-state index contributed by atoms with van der Waals surface area (Å²) in [4.78, 5) is 2.55. The van der Waals surface area contributed by atoms with E-state index in [0.29, 0.717) is 19.3 Å². The summed E-state index contributed by atoms with van der Waals surface area (Å²) in [6.07, 6.45) is 2.33. The number of rotatable bonds is 10. The third-order valence-corrected chi connectivity index (χ3v) is 6.00. The average molecular weight is 504 g/mol. The second-order valence-electron chi connectivity index (χ2n) is 8.37. The minimum atomic E-state index is 0. The van der Waals surface area contributed by atoms with Gasteiger partial charge in [0.25, 0.3) is 0 Å². The maximum Gasteiger partial charge on any atom is 0.166 e. The number of ether oxygens (including phenoxy) is 2. The summed E-state index contributed by atoms with van der Waals surface area (Å²) in [5.74, 6) is 1.67. The molecule has 0 spiro atoms. The summed E-state index contributed by atoms with van der Waals surface area (Å²) in [5, 5.41) is 3.77. The number of benzene rings is 3. The van der Waals surface area contributed by atoms with Gasteiger partial charge in [0.2, 0.25) is 0 Å². The van der Waals surface area contributed by atoms with Gasteiger partial charge >= 0.3 is 0 Å². The number of nitrogens with one attached hydrogen (secondary N) is 1. The van der Waals surface area contributed by atoms with Crippen molar-refractivity contribution in [2.75, 3.05) is 19.7 Å². The molecule has 3 aromatic rings. The molecule has 0 amide bonds. The van der Waals surface area contributed by atoms with E-state index in [1.165, 1.54) is 5.56 Å².